The molecule has 1 atom stereocenters. The van der Waals surface area contributed by atoms with Crippen LogP contribution >= 0.6 is 11.6 Å². The van der Waals surface area contributed by atoms with Gasteiger partial charge in [-0.25, -0.2) is 5.01 Å². The second kappa shape index (κ2) is 8.10. The number of benzene rings is 3. The molecular formula is C24H21ClN2O2. The van der Waals surface area contributed by atoms with Crippen molar-refractivity contribution in [3.8, 4) is 5.75 Å². The molecule has 4 rings (SSSR count). The Balaban J connectivity index is 1.77. The first kappa shape index (κ1) is 19.2. The zero-order valence-electron chi connectivity index (χ0n) is 16.3. The van der Waals surface area contributed by atoms with Gasteiger partial charge in [0.05, 0.1) is 29.4 Å². The standard InChI is InChI=1S/C24H21ClN2O2/c1-16-7-5-8-17(13-16)22-15-23(18-9-6-10-19(14-18)29-2)27(26-22)24(28)20-11-3-4-12-21(20)25/h3-14,23H,15H2,1-2H3/t23-/m1/s1. The quantitative estimate of drug-likeness (QED) is 0.564. The minimum absolute atomic E-state index is 0.217. The van der Waals surface area contributed by atoms with Crippen LogP contribution in [0.15, 0.2) is 77.9 Å². The van der Waals surface area contributed by atoms with E-state index in [2.05, 4.69) is 6.07 Å². The summed E-state index contributed by atoms with van der Waals surface area (Å²) in [6, 6.07) is 22.8. The van der Waals surface area contributed by atoms with Crippen LogP contribution in [-0.2, 0) is 0 Å². The van der Waals surface area contributed by atoms with E-state index in [1.165, 1.54) is 0 Å². The first-order valence-corrected chi connectivity index (χ1v) is 9.81. The summed E-state index contributed by atoms with van der Waals surface area (Å²) >= 11 is 6.30. The van der Waals surface area contributed by atoms with E-state index in [1.54, 1.807) is 30.3 Å². The summed E-state index contributed by atoms with van der Waals surface area (Å²) in [5.74, 6) is 0.530. The highest BCUT2D eigenvalue weighted by Gasteiger charge is 2.34. The van der Waals surface area contributed by atoms with Crippen molar-refractivity contribution in [3.63, 3.8) is 0 Å². The molecule has 0 fully saturated rings. The molecule has 1 aliphatic rings. The Labute approximate surface area is 175 Å². The predicted molar refractivity (Wildman–Crippen MR) is 116 cm³/mol. The molecule has 0 bridgehead atoms. The molecule has 29 heavy (non-hydrogen) atoms. The summed E-state index contributed by atoms with van der Waals surface area (Å²) < 4.78 is 5.38. The Kier molecular flexibility index (Phi) is 5.36. The van der Waals surface area contributed by atoms with Crippen LogP contribution in [0.25, 0.3) is 0 Å². The van der Waals surface area contributed by atoms with Gasteiger partial charge in [0, 0.05) is 6.42 Å². The zero-order valence-corrected chi connectivity index (χ0v) is 17.1. The van der Waals surface area contributed by atoms with Gasteiger partial charge in [-0.15, -0.1) is 0 Å². The lowest BCUT2D eigenvalue weighted by atomic mass is 9.97. The molecule has 0 unspecified atom stereocenters. The van der Waals surface area contributed by atoms with Gasteiger partial charge >= 0.3 is 0 Å². The monoisotopic (exact) mass is 404 g/mol. The molecule has 0 radical (unpaired) electrons. The molecule has 5 heteroatoms. The lowest BCUT2D eigenvalue weighted by Crippen LogP contribution is -2.27. The smallest absolute Gasteiger partial charge is 0.276 e. The normalized spacial score (nSPS) is 15.9. The van der Waals surface area contributed by atoms with Gasteiger partial charge < -0.3 is 4.74 Å². The number of amides is 1. The molecule has 0 spiro atoms. The number of methoxy groups -OCH3 is 1. The van der Waals surface area contributed by atoms with Gasteiger partial charge in [-0.3, -0.25) is 4.79 Å². The van der Waals surface area contributed by atoms with Crippen LogP contribution in [-0.4, -0.2) is 23.7 Å². The maximum absolute atomic E-state index is 13.4. The molecular weight excluding hydrogens is 384 g/mol. The summed E-state index contributed by atoms with van der Waals surface area (Å²) in [5.41, 5.74) is 4.46. The average Bonchev–Trinajstić information content (AvgIpc) is 3.19. The fourth-order valence-corrected chi connectivity index (χ4v) is 3.78. The topological polar surface area (TPSA) is 41.9 Å². The molecule has 0 aliphatic carbocycles. The van der Waals surface area contributed by atoms with E-state index in [4.69, 9.17) is 21.4 Å². The van der Waals surface area contributed by atoms with Crippen LogP contribution in [0.4, 0.5) is 0 Å². The van der Waals surface area contributed by atoms with E-state index in [1.807, 2.05) is 55.5 Å². The van der Waals surface area contributed by atoms with E-state index in [0.29, 0.717) is 17.0 Å². The summed E-state index contributed by atoms with van der Waals surface area (Å²) in [5, 5.41) is 6.70. The first-order valence-electron chi connectivity index (χ1n) is 9.43. The number of rotatable bonds is 4. The minimum atomic E-state index is -0.232. The van der Waals surface area contributed by atoms with Gasteiger partial charge in [-0.1, -0.05) is 65.7 Å². The molecule has 0 aromatic heterocycles. The third-order valence-electron chi connectivity index (χ3n) is 5.05. The fraction of sp³-hybridized carbons (Fsp3) is 0.167. The van der Waals surface area contributed by atoms with Gasteiger partial charge in [-0.2, -0.15) is 5.10 Å². The van der Waals surface area contributed by atoms with Crippen molar-refractivity contribution in [2.24, 2.45) is 5.10 Å². The van der Waals surface area contributed by atoms with Gasteiger partial charge in [0.25, 0.3) is 5.91 Å². The fourth-order valence-electron chi connectivity index (χ4n) is 3.56. The van der Waals surface area contributed by atoms with Crippen LogP contribution in [0.2, 0.25) is 5.02 Å². The van der Waals surface area contributed by atoms with Crippen LogP contribution < -0.4 is 4.74 Å². The molecule has 3 aromatic rings. The maximum atomic E-state index is 13.4. The molecule has 1 heterocycles. The highest BCUT2D eigenvalue weighted by molar-refractivity contribution is 6.33. The zero-order chi connectivity index (χ0) is 20.4. The average molecular weight is 405 g/mol. The summed E-state index contributed by atoms with van der Waals surface area (Å²) in [6.07, 6.45) is 0.618. The van der Waals surface area contributed by atoms with E-state index in [-0.39, 0.29) is 11.9 Å². The third-order valence-corrected chi connectivity index (χ3v) is 5.38. The number of ether oxygens (including phenoxy) is 1. The third kappa shape index (κ3) is 3.89. The van der Waals surface area contributed by atoms with Crippen molar-refractivity contribution < 1.29 is 9.53 Å². The van der Waals surface area contributed by atoms with Gasteiger partial charge in [0.1, 0.15) is 5.75 Å². The van der Waals surface area contributed by atoms with Crippen LogP contribution in [0.5, 0.6) is 5.75 Å². The minimum Gasteiger partial charge on any atom is -0.497 e. The van der Waals surface area contributed by atoms with Crippen molar-refractivity contribution >= 4 is 23.2 Å². The number of aryl methyl sites for hydroxylation is 1. The van der Waals surface area contributed by atoms with Gasteiger partial charge in [0.15, 0.2) is 0 Å². The number of hydrogen-bond acceptors (Lipinski definition) is 3. The van der Waals surface area contributed by atoms with E-state index >= 15 is 0 Å². The van der Waals surface area contributed by atoms with Gasteiger partial charge in [0.2, 0.25) is 0 Å². The molecule has 4 nitrogen and oxygen atoms in total. The molecule has 0 N–H and O–H groups in total. The maximum Gasteiger partial charge on any atom is 0.276 e. The molecule has 0 saturated carbocycles. The van der Waals surface area contributed by atoms with Crippen LogP contribution in [0.3, 0.4) is 0 Å². The number of hydrazone groups is 1. The van der Waals surface area contributed by atoms with Crippen LogP contribution in [0, 0.1) is 6.92 Å². The Morgan fingerprint density at radius 2 is 1.86 bits per heavy atom. The number of halogens is 1. The largest absolute Gasteiger partial charge is 0.497 e. The summed E-state index contributed by atoms with van der Waals surface area (Å²) in [6.45, 7) is 2.05. The SMILES string of the molecule is COc1cccc([C@H]2CC(c3cccc(C)c3)=NN2C(=O)c2ccccc2Cl)c1. The molecule has 146 valence electrons. The highest BCUT2D eigenvalue weighted by atomic mass is 35.5. The molecule has 1 amide bonds. The second-order valence-corrected chi connectivity index (χ2v) is 7.45. The number of carbonyl (C=O) groups is 1. The van der Waals surface area contributed by atoms with Crippen molar-refractivity contribution in [3.05, 3.63) is 100 Å². The van der Waals surface area contributed by atoms with Crippen molar-refractivity contribution in [2.45, 2.75) is 19.4 Å². The number of nitrogens with zero attached hydrogens (tertiary/aromatic N) is 2. The van der Waals surface area contributed by atoms with Gasteiger partial charge in [-0.05, 0) is 42.3 Å². The second-order valence-electron chi connectivity index (χ2n) is 7.04. The van der Waals surface area contributed by atoms with Crippen molar-refractivity contribution in [1.29, 1.82) is 0 Å². The molecule has 1 aliphatic heterocycles. The lowest BCUT2D eigenvalue weighted by molar-refractivity contribution is 0.0711. The van der Waals surface area contributed by atoms with Crippen LogP contribution in [0.1, 0.15) is 39.5 Å². The van der Waals surface area contributed by atoms with E-state index in [0.717, 1.165) is 28.2 Å². The van der Waals surface area contributed by atoms with E-state index in [9.17, 15) is 4.79 Å². The lowest BCUT2D eigenvalue weighted by Gasteiger charge is -2.23. The molecule has 3 aromatic carbocycles. The van der Waals surface area contributed by atoms with Crippen molar-refractivity contribution in [2.75, 3.05) is 7.11 Å². The first-order chi connectivity index (χ1) is 14.1. The highest BCUT2D eigenvalue weighted by Crippen LogP contribution is 2.36. The number of carbonyl (C=O) groups excluding carboxylic acids is 1. The Morgan fingerprint density at radius 3 is 2.62 bits per heavy atom. The summed E-state index contributed by atoms with van der Waals surface area (Å²) in [7, 11) is 1.63. The Morgan fingerprint density at radius 1 is 1.07 bits per heavy atom. The predicted octanol–water partition coefficient (Wildman–Crippen LogP) is 5.65. The number of hydrogen-bond donors (Lipinski definition) is 0. The van der Waals surface area contributed by atoms with Crippen molar-refractivity contribution in [1.82, 2.24) is 5.01 Å². The Hall–Kier alpha value is -3.11. The Bertz CT molecular complexity index is 1090. The molecule has 0 saturated heterocycles. The summed E-state index contributed by atoms with van der Waals surface area (Å²) in [4.78, 5) is 13.4. The van der Waals surface area contributed by atoms with E-state index < -0.39 is 0 Å².